The van der Waals surface area contributed by atoms with Crippen LogP contribution in [0.15, 0.2) is 0 Å². The van der Waals surface area contributed by atoms with Gasteiger partial charge in [-0.2, -0.15) is 11.8 Å². The number of rotatable bonds is 8. The molecule has 0 aliphatic carbocycles. The Morgan fingerprint density at radius 1 is 1.14 bits per heavy atom. The molecule has 0 aromatic carbocycles. The van der Waals surface area contributed by atoms with Gasteiger partial charge in [-0.3, -0.25) is 0 Å². The molecule has 0 rings (SSSR count). The normalized spacial score (nSPS) is 15.9. The van der Waals surface area contributed by atoms with Gasteiger partial charge in [0.1, 0.15) is 0 Å². The molecule has 0 spiro atoms. The summed E-state index contributed by atoms with van der Waals surface area (Å²) in [5.74, 6) is 3.49. The molecule has 0 bridgehead atoms. The van der Waals surface area contributed by atoms with E-state index >= 15 is 0 Å². The monoisotopic (exact) mass is 218 g/mol. The van der Waals surface area contributed by atoms with Crippen molar-refractivity contribution in [1.29, 1.82) is 0 Å². The summed E-state index contributed by atoms with van der Waals surface area (Å²) in [6, 6.07) is 0. The van der Waals surface area contributed by atoms with Crippen LogP contribution < -0.4 is 0 Å². The van der Waals surface area contributed by atoms with Gasteiger partial charge < -0.3 is 5.11 Å². The average Bonchev–Trinajstić information content (AvgIpc) is 2.03. The van der Waals surface area contributed by atoms with Crippen molar-refractivity contribution in [3.63, 3.8) is 0 Å². The second-order valence-corrected chi connectivity index (χ2v) is 5.79. The lowest BCUT2D eigenvalue weighted by Gasteiger charge is -2.15. The Hall–Kier alpha value is 0.310. The summed E-state index contributed by atoms with van der Waals surface area (Å²) in [7, 11) is 0. The predicted octanol–water partition coefficient (Wildman–Crippen LogP) is 3.56. The second-order valence-electron chi connectivity index (χ2n) is 4.71. The molecule has 2 unspecified atom stereocenters. The maximum absolute atomic E-state index is 9.74. The van der Waals surface area contributed by atoms with E-state index in [9.17, 15) is 5.11 Å². The highest BCUT2D eigenvalue weighted by Gasteiger charge is 2.09. The van der Waals surface area contributed by atoms with Crippen LogP contribution in [0.5, 0.6) is 0 Å². The van der Waals surface area contributed by atoms with Crippen LogP contribution in [0.3, 0.4) is 0 Å². The van der Waals surface area contributed by atoms with Crippen molar-refractivity contribution in [2.75, 3.05) is 11.5 Å². The van der Waals surface area contributed by atoms with Gasteiger partial charge in [0.25, 0.3) is 0 Å². The highest BCUT2D eigenvalue weighted by atomic mass is 32.2. The molecule has 1 N–H and O–H groups in total. The van der Waals surface area contributed by atoms with Crippen LogP contribution in [-0.2, 0) is 0 Å². The fourth-order valence-corrected chi connectivity index (χ4v) is 2.60. The van der Waals surface area contributed by atoms with Crippen LogP contribution in [0.25, 0.3) is 0 Å². The topological polar surface area (TPSA) is 20.2 Å². The Balaban J connectivity index is 3.39. The van der Waals surface area contributed by atoms with Gasteiger partial charge in [0.2, 0.25) is 0 Å². The molecule has 86 valence electrons. The summed E-state index contributed by atoms with van der Waals surface area (Å²) in [5.41, 5.74) is 0. The third-order valence-electron chi connectivity index (χ3n) is 2.22. The smallest absolute Gasteiger partial charge is 0.0633 e. The summed E-state index contributed by atoms with van der Waals surface area (Å²) in [5, 5.41) is 9.74. The summed E-state index contributed by atoms with van der Waals surface area (Å²) in [6.45, 7) is 8.88. The molecule has 0 amide bonds. The van der Waals surface area contributed by atoms with E-state index < -0.39 is 0 Å². The molecule has 1 nitrogen and oxygen atoms in total. The number of aliphatic hydroxyl groups excluding tert-OH is 1. The lowest BCUT2D eigenvalue weighted by Crippen LogP contribution is -2.15. The Morgan fingerprint density at radius 3 is 2.29 bits per heavy atom. The van der Waals surface area contributed by atoms with E-state index in [0.717, 1.165) is 18.1 Å². The maximum Gasteiger partial charge on any atom is 0.0633 e. The predicted molar refractivity (Wildman–Crippen MR) is 66.9 cm³/mol. The Bertz CT molecular complexity index is 125. The lowest BCUT2D eigenvalue weighted by atomic mass is 10.00. The lowest BCUT2D eigenvalue weighted by molar-refractivity contribution is 0.166. The van der Waals surface area contributed by atoms with Gasteiger partial charge in [-0.25, -0.2) is 0 Å². The van der Waals surface area contributed by atoms with Crippen LogP contribution in [0.2, 0.25) is 0 Å². The van der Waals surface area contributed by atoms with Crippen LogP contribution in [0.1, 0.15) is 47.0 Å². The number of thioether (sulfide) groups is 1. The van der Waals surface area contributed by atoms with Crippen LogP contribution in [-0.4, -0.2) is 22.7 Å². The zero-order chi connectivity index (χ0) is 11.0. The van der Waals surface area contributed by atoms with Gasteiger partial charge in [0.05, 0.1) is 6.10 Å². The second kappa shape index (κ2) is 8.60. The quantitative estimate of drug-likeness (QED) is 0.672. The molecular formula is C12H26OS. The zero-order valence-corrected chi connectivity index (χ0v) is 10.9. The Morgan fingerprint density at radius 2 is 1.79 bits per heavy atom. The Labute approximate surface area is 93.7 Å². The molecule has 0 aromatic heterocycles. The maximum atomic E-state index is 9.74. The van der Waals surface area contributed by atoms with E-state index in [2.05, 4.69) is 27.7 Å². The Kier molecular flexibility index (Phi) is 8.80. The first-order chi connectivity index (χ1) is 6.56. The van der Waals surface area contributed by atoms with Crippen LogP contribution >= 0.6 is 11.8 Å². The molecule has 0 aromatic rings. The summed E-state index contributed by atoms with van der Waals surface area (Å²) >= 11 is 1.88. The first-order valence-corrected chi connectivity index (χ1v) is 6.97. The fourth-order valence-electron chi connectivity index (χ4n) is 1.58. The molecule has 0 saturated carbocycles. The van der Waals surface area contributed by atoms with Crippen molar-refractivity contribution >= 4 is 11.8 Å². The molecule has 14 heavy (non-hydrogen) atoms. The van der Waals surface area contributed by atoms with E-state index in [1.807, 2.05) is 11.8 Å². The minimum Gasteiger partial charge on any atom is -0.392 e. The van der Waals surface area contributed by atoms with Gasteiger partial charge in [-0.15, -0.1) is 0 Å². The number of hydrogen-bond donors (Lipinski definition) is 1. The van der Waals surface area contributed by atoms with Gasteiger partial charge in [-0.05, 0) is 24.0 Å². The first-order valence-electron chi connectivity index (χ1n) is 5.82. The van der Waals surface area contributed by atoms with Gasteiger partial charge in [0.15, 0.2) is 0 Å². The van der Waals surface area contributed by atoms with E-state index in [4.69, 9.17) is 0 Å². The van der Waals surface area contributed by atoms with Crippen molar-refractivity contribution in [3.05, 3.63) is 0 Å². The molecule has 0 aliphatic rings. The third kappa shape index (κ3) is 8.89. The first kappa shape index (κ1) is 14.3. The third-order valence-corrected chi connectivity index (χ3v) is 3.74. The SMILES string of the molecule is CCCC(C)CC(O)CSCC(C)C. The van der Waals surface area contributed by atoms with Crippen LogP contribution in [0, 0.1) is 11.8 Å². The summed E-state index contributed by atoms with van der Waals surface area (Å²) in [4.78, 5) is 0. The number of aliphatic hydroxyl groups is 1. The summed E-state index contributed by atoms with van der Waals surface area (Å²) < 4.78 is 0. The fraction of sp³-hybridized carbons (Fsp3) is 1.00. The molecule has 2 atom stereocenters. The molecule has 0 heterocycles. The average molecular weight is 218 g/mol. The summed E-state index contributed by atoms with van der Waals surface area (Å²) in [6.07, 6.45) is 3.35. The number of hydrogen-bond acceptors (Lipinski definition) is 2. The largest absolute Gasteiger partial charge is 0.392 e. The molecule has 0 radical (unpaired) electrons. The molecule has 0 saturated heterocycles. The standard InChI is InChI=1S/C12H26OS/c1-5-6-11(4)7-12(13)9-14-8-10(2)3/h10-13H,5-9H2,1-4H3. The molecular weight excluding hydrogens is 192 g/mol. The minimum atomic E-state index is -0.0969. The highest BCUT2D eigenvalue weighted by Crippen LogP contribution is 2.16. The zero-order valence-electron chi connectivity index (χ0n) is 10.1. The van der Waals surface area contributed by atoms with Crippen molar-refractivity contribution in [2.45, 2.75) is 53.1 Å². The molecule has 0 aliphatic heterocycles. The minimum absolute atomic E-state index is 0.0969. The highest BCUT2D eigenvalue weighted by molar-refractivity contribution is 7.99. The van der Waals surface area contributed by atoms with Crippen LogP contribution in [0.4, 0.5) is 0 Å². The van der Waals surface area contributed by atoms with Gasteiger partial charge in [0, 0.05) is 5.75 Å². The molecule has 2 heteroatoms. The van der Waals surface area contributed by atoms with E-state index in [1.165, 1.54) is 18.6 Å². The van der Waals surface area contributed by atoms with Gasteiger partial charge >= 0.3 is 0 Å². The molecule has 0 fully saturated rings. The van der Waals surface area contributed by atoms with E-state index in [0.29, 0.717) is 5.92 Å². The van der Waals surface area contributed by atoms with E-state index in [1.54, 1.807) is 0 Å². The van der Waals surface area contributed by atoms with Crippen molar-refractivity contribution in [1.82, 2.24) is 0 Å². The van der Waals surface area contributed by atoms with Gasteiger partial charge in [-0.1, -0.05) is 40.5 Å². The van der Waals surface area contributed by atoms with Crippen molar-refractivity contribution in [2.24, 2.45) is 11.8 Å². The van der Waals surface area contributed by atoms with Crippen molar-refractivity contribution < 1.29 is 5.11 Å². The van der Waals surface area contributed by atoms with E-state index in [-0.39, 0.29) is 6.10 Å². The van der Waals surface area contributed by atoms with Crippen molar-refractivity contribution in [3.8, 4) is 0 Å².